The molecule has 0 aromatic heterocycles. The zero-order valence-corrected chi connectivity index (χ0v) is 12.5. The lowest BCUT2D eigenvalue weighted by Gasteiger charge is -2.35. The monoisotopic (exact) mass is 261 g/mol. The standard InChI is InChI=1S/C17H27NO/c1-4-10-18-16(14-6-5-7-14)12-15-11-13(2)8-9-17(15)19-3/h8-9,11,14,16,18H,4-7,10,12H2,1-3H3. The summed E-state index contributed by atoms with van der Waals surface area (Å²) < 4.78 is 5.51. The maximum atomic E-state index is 5.51. The van der Waals surface area contributed by atoms with Crippen LogP contribution < -0.4 is 10.1 Å². The molecule has 1 atom stereocenters. The Morgan fingerprint density at radius 1 is 1.37 bits per heavy atom. The summed E-state index contributed by atoms with van der Waals surface area (Å²) in [6.07, 6.45) is 6.47. The molecule has 1 fully saturated rings. The minimum atomic E-state index is 0.615. The van der Waals surface area contributed by atoms with Gasteiger partial charge in [-0.25, -0.2) is 0 Å². The Hall–Kier alpha value is -1.02. The van der Waals surface area contributed by atoms with Crippen LogP contribution in [-0.4, -0.2) is 19.7 Å². The van der Waals surface area contributed by atoms with Crippen LogP contribution in [0.25, 0.3) is 0 Å². The maximum Gasteiger partial charge on any atom is 0.122 e. The minimum absolute atomic E-state index is 0.615. The molecule has 1 aromatic rings. The number of benzene rings is 1. The van der Waals surface area contributed by atoms with Crippen LogP contribution >= 0.6 is 0 Å². The first-order valence-corrected chi connectivity index (χ1v) is 7.61. The third kappa shape index (κ3) is 3.73. The molecular formula is C17H27NO. The predicted molar refractivity (Wildman–Crippen MR) is 80.9 cm³/mol. The third-order valence-electron chi connectivity index (χ3n) is 4.25. The van der Waals surface area contributed by atoms with Crippen LogP contribution in [0.4, 0.5) is 0 Å². The number of nitrogens with one attached hydrogen (secondary N) is 1. The summed E-state index contributed by atoms with van der Waals surface area (Å²) in [5, 5.41) is 3.74. The highest BCUT2D eigenvalue weighted by Gasteiger charge is 2.27. The molecule has 1 saturated carbocycles. The second kappa shape index (κ2) is 6.95. The Bertz CT molecular complexity index is 398. The molecule has 0 aliphatic heterocycles. The molecule has 2 heteroatoms. The highest BCUT2D eigenvalue weighted by molar-refractivity contribution is 5.37. The molecule has 0 saturated heterocycles. The van der Waals surface area contributed by atoms with E-state index in [0.717, 1.165) is 24.6 Å². The van der Waals surface area contributed by atoms with E-state index in [2.05, 4.69) is 37.4 Å². The zero-order valence-electron chi connectivity index (χ0n) is 12.5. The molecule has 19 heavy (non-hydrogen) atoms. The van der Waals surface area contributed by atoms with Gasteiger partial charge in [0, 0.05) is 6.04 Å². The fourth-order valence-electron chi connectivity index (χ4n) is 2.88. The summed E-state index contributed by atoms with van der Waals surface area (Å²) in [6.45, 7) is 5.51. The van der Waals surface area contributed by atoms with E-state index in [9.17, 15) is 0 Å². The lowest BCUT2D eigenvalue weighted by molar-refractivity contribution is 0.226. The van der Waals surface area contributed by atoms with Gasteiger partial charge < -0.3 is 10.1 Å². The van der Waals surface area contributed by atoms with E-state index in [-0.39, 0.29) is 0 Å². The summed E-state index contributed by atoms with van der Waals surface area (Å²) in [4.78, 5) is 0. The minimum Gasteiger partial charge on any atom is -0.496 e. The van der Waals surface area contributed by atoms with Crippen LogP contribution in [0.15, 0.2) is 18.2 Å². The Morgan fingerprint density at radius 3 is 2.74 bits per heavy atom. The summed E-state index contributed by atoms with van der Waals surface area (Å²) in [5.74, 6) is 1.89. The summed E-state index contributed by atoms with van der Waals surface area (Å²) in [5.41, 5.74) is 2.67. The van der Waals surface area contributed by atoms with Crippen LogP contribution in [0, 0.1) is 12.8 Å². The number of aryl methyl sites for hydroxylation is 1. The van der Waals surface area contributed by atoms with Crippen LogP contribution in [-0.2, 0) is 6.42 Å². The second-order valence-corrected chi connectivity index (χ2v) is 5.77. The van der Waals surface area contributed by atoms with Gasteiger partial charge in [-0.2, -0.15) is 0 Å². The highest BCUT2D eigenvalue weighted by atomic mass is 16.5. The Kier molecular flexibility index (Phi) is 5.26. The van der Waals surface area contributed by atoms with Gasteiger partial charge in [-0.15, -0.1) is 0 Å². The van der Waals surface area contributed by atoms with Crippen molar-refractivity contribution in [1.29, 1.82) is 0 Å². The van der Waals surface area contributed by atoms with Gasteiger partial charge in [-0.3, -0.25) is 0 Å². The average Bonchev–Trinajstić information content (AvgIpc) is 2.34. The van der Waals surface area contributed by atoms with E-state index in [4.69, 9.17) is 4.74 Å². The lowest BCUT2D eigenvalue weighted by Crippen LogP contribution is -2.41. The van der Waals surface area contributed by atoms with Gasteiger partial charge in [0.2, 0.25) is 0 Å². The fraction of sp³-hybridized carbons (Fsp3) is 0.647. The van der Waals surface area contributed by atoms with Gasteiger partial charge in [0.15, 0.2) is 0 Å². The van der Waals surface area contributed by atoms with Crippen LogP contribution in [0.1, 0.15) is 43.7 Å². The van der Waals surface area contributed by atoms with Crippen molar-refractivity contribution >= 4 is 0 Å². The number of rotatable bonds is 7. The van der Waals surface area contributed by atoms with E-state index >= 15 is 0 Å². The fourth-order valence-corrected chi connectivity index (χ4v) is 2.88. The topological polar surface area (TPSA) is 21.3 Å². The van der Waals surface area contributed by atoms with Crippen molar-refractivity contribution in [1.82, 2.24) is 5.32 Å². The molecule has 1 N–H and O–H groups in total. The van der Waals surface area contributed by atoms with E-state index < -0.39 is 0 Å². The van der Waals surface area contributed by atoms with Crippen molar-refractivity contribution < 1.29 is 4.74 Å². The second-order valence-electron chi connectivity index (χ2n) is 5.77. The molecule has 0 bridgehead atoms. The number of hydrogen-bond acceptors (Lipinski definition) is 2. The maximum absolute atomic E-state index is 5.51. The summed E-state index contributed by atoms with van der Waals surface area (Å²) in [6, 6.07) is 7.12. The van der Waals surface area contributed by atoms with Crippen LogP contribution in [0.5, 0.6) is 5.75 Å². The first-order valence-electron chi connectivity index (χ1n) is 7.61. The SMILES string of the molecule is CCCNC(Cc1cc(C)ccc1OC)C1CCC1. The molecule has 0 heterocycles. The van der Waals surface area contributed by atoms with Gasteiger partial charge in [0.25, 0.3) is 0 Å². The molecule has 2 rings (SSSR count). The van der Waals surface area contributed by atoms with Crippen molar-refractivity contribution in [3.05, 3.63) is 29.3 Å². The van der Waals surface area contributed by atoms with Crippen LogP contribution in [0.3, 0.4) is 0 Å². The number of ether oxygens (including phenoxy) is 1. The predicted octanol–water partition coefficient (Wildman–Crippen LogP) is 3.71. The molecule has 1 aliphatic rings. The highest BCUT2D eigenvalue weighted by Crippen LogP contribution is 2.32. The Labute approximate surface area is 117 Å². The van der Waals surface area contributed by atoms with E-state index in [0.29, 0.717) is 6.04 Å². The Balaban J connectivity index is 2.08. The van der Waals surface area contributed by atoms with Gasteiger partial charge in [0.1, 0.15) is 5.75 Å². The quantitative estimate of drug-likeness (QED) is 0.808. The number of hydrogen-bond donors (Lipinski definition) is 1. The van der Waals surface area contributed by atoms with Crippen molar-refractivity contribution in [2.24, 2.45) is 5.92 Å². The Morgan fingerprint density at radius 2 is 2.16 bits per heavy atom. The van der Waals surface area contributed by atoms with E-state index in [1.165, 1.54) is 36.8 Å². The van der Waals surface area contributed by atoms with Gasteiger partial charge in [-0.05, 0) is 56.7 Å². The normalized spacial score (nSPS) is 17.0. The van der Waals surface area contributed by atoms with Gasteiger partial charge >= 0.3 is 0 Å². The van der Waals surface area contributed by atoms with Crippen molar-refractivity contribution in [3.63, 3.8) is 0 Å². The lowest BCUT2D eigenvalue weighted by atomic mass is 9.77. The van der Waals surface area contributed by atoms with Gasteiger partial charge in [-0.1, -0.05) is 31.0 Å². The molecule has 0 spiro atoms. The molecule has 1 unspecified atom stereocenters. The van der Waals surface area contributed by atoms with Crippen molar-refractivity contribution in [3.8, 4) is 5.75 Å². The third-order valence-corrected chi connectivity index (χ3v) is 4.25. The molecule has 1 aliphatic carbocycles. The first kappa shape index (κ1) is 14.4. The zero-order chi connectivity index (χ0) is 13.7. The molecule has 0 amide bonds. The largest absolute Gasteiger partial charge is 0.496 e. The van der Waals surface area contributed by atoms with Crippen molar-refractivity contribution in [2.75, 3.05) is 13.7 Å². The molecule has 1 aromatic carbocycles. The first-order chi connectivity index (χ1) is 9.24. The molecule has 0 radical (unpaired) electrons. The van der Waals surface area contributed by atoms with Gasteiger partial charge in [0.05, 0.1) is 7.11 Å². The summed E-state index contributed by atoms with van der Waals surface area (Å²) in [7, 11) is 1.77. The molecule has 2 nitrogen and oxygen atoms in total. The summed E-state index contributed by atoms with van der Waals surface area (Å²) >= 11 is 0. The van der Waals surface area contributed by atoms with Crippen LogP contribution in [0.2, 0.25) is 0 Å². The number of methoxy groups -OCH3 is 1. The van der Waals surface area contributed by atoms with E-state index in [1.807, 2.05) is 0 Å². The molecule has 106 valence electrons. The average molecular weight is 261 g/mol. The van der Waals surface area contributed by atoms with Crippen molar-refractivity contribution in [2.45, 2.75) is 52.0 Å². The van der Waals surface area contributed by atoms with E-state index in [1.54, 1.807) is 7.11 Å². The molecular weight excluding hydrogens is 234 g/mol. The smallest absolute Gasteiger partial charge is 0.122 e.